The number of benzene rings is 1. The largest absolute Gasteiger partial charge is 0.329 e. The van der Waals surface area contributed by atoms with Crippen LogP contribution in [-0.2, 0) is 6.54 Å². The molecule has 2 N–H and O–H groups in total. The molecule has 0 fully saturated rings. The minimum absolute atomic E-state index is 0.124. The highest BCUT2D eigenvalue weighted by Crippen LogP contribution is 2.22. The van der Waals surface area contributed by atoms with Gasteiger partial charge in [0.15, 0.2) is 0 Å². The fourth-order valence-corrected chi connectivity index (χ4v) is 2.06. The van der Waals surface area contributed by atoms with Crippen molar-refractivity contribution in [2.24, 2.45) is 5.73 Å². The molecule has 1 atom stereocenters. The number of aromatic nitrogens is 2. The Morgan fingerprint density at radius 1 is 1.53 bits per heavy atom. The van der Waals surface area contributed by atoms with Crippen LogP contribution in [0, 0.1) is 17.0 Å². The van der Waals surface area contributed by atoms with Crippen LogP contribution in [0.25, 0.3) is 0 Å². The number of hydrogen-bond donors (Lipinski definition) is 1. The second-order valence-corrected chi connectivity index (χ2v) is 4.55. The van der Waals surface area contributed by atoms with E-state index in [1.54, 1.807) is 25.5 Å². The predicted molar refractivity (Wildman–Crippen MR) is 71.8 cm³/mol. The van der Waals surface area contributed by atoms with Gasteiger partial charge >= 0.3 is 0 Å². The van der Waals surface area contributed by atoms with Crippen molar-refractivity contribution in [3.05, 3.63) is 57.7 Å². The summed E-state index contributed by atoms with van der Waals surface area (Å²) in [5.74, 6) is 0. The minimum Gasteiger partial charge on any atom is -0.329 e. The van der Waals surface area contributed by atoms with Gasteiger partial charge in [-0.2, -0.15) is 0 Å². The maximum Gasteiger partial charge on any atom is 0.272 e. The normalized spacial score (nSPS) is 12.4. The molecule has 0 bridgehead atoms. The highest BCUT2D eigenvalue weighted by molar-refractivity contribution is 5.44. The standard InChI is InChI=1S/C13H16N4O2/c1-9-11(4-3-5-12(9)17(18)19)7-16-8-15-6-13(16)10(2)14/h3-6,8,10H,7,14H2,1-2H3/t10-/m0/s1. The lowest BCUT2D eigenvalue weighted by atomic mass is 10.1. The van der Waals surface area contributed by atoms with Crippen LogP contribution in [0.1, 0.15) is 29.8 Å². The Morgan fingerprint density at radius 3 is 2.89 bits per heavy atom. The van der Waals surface area contributed by atoms with Crippen molar-refractivity contribution in [1.82, 2.24) is 9.55 Å². The fraction of sp³-hybridized carbons (Fsp3) is 0.308. The van der Waals surface area contributed by atoms with Crippen molar-refractivity contribution in [2.45, 2.75) is 26.4 Å². The Morgan fingerprint density at radius 2 is 2.26 bits per heavy atom. The monoisotopic (exact) mass is 260 g/mol. The Bertz CT molecular complexity index is 604. The van der Waals surface area contributed by atoms with Crippen molar-refractivity contribution in [3.8, 4) is 0 Å². The number of nitrogens with zero attached hydrogens (tertiary/aromatic N) is 3. The summed E-state index contributed by atoms with van der Waals surface area (Å²) in [7, 11) is 0. The smallest absolute Gasteiger partial charge is 0.272 e. The van der Waals surface area contributed by atoms with Gasteiger partial charge in [0.1, 0.15) is 0 Å². The number of nitrogens with two attached hydrogens (primary N) is 1. The van der Waals surface area contributed by atoms with Gasteiger partial charge in [0.2, 0.25) is 0 Å². The van der Waals surface area contributed by atoms with E-state index >= 15 is 0 Å². The summed E-state index contributed by atoms with van der Waals surface area (Å²) in [5, 5.41) is 10.9. The molecule has 1 heterocycles. The Kier molecular flexibility index (Phi) is 3.62. The van der Waals surface area contributed by atoms with E-state index in [9.17, 15) is 10.1 Å². The first-order valence-electron chi connectivity index (χ1n) is 5.99. The topological polar surface area (TPSA) is 87.0 Å². The molecule has 19 heavy (non-hydrogen) atoms. The van der Waals surface area contributed by atoms with Gasteiger partial charge in [0, 0.05) is 30.4 Å². The number of hydrogen-bond acceptors (Lipinski definition) is 4. The number of nitro groups is 1. The first kappa shape index (κ1) is 13.2. The molecule has 0 saturated heterocycles. The van der Waals surface area contributed by atoms with E-state index in [0.29, 0.717) is 12.1 Å². The Labute approximate surface area is 111 Å². The molecular weight excluding hydrogens is 244 g/mol. The Balaban J connectivity index is 2.36. The molecule has 0 saturated carbocycles. The Hall–Kier alpha value is -2.21. The molecule has 1 aromatic heterocycles. The molecule has 0 aliphatic rings. The average Bonchev–Trinajstić information content (AvgIpc) is 2.79. The molecule has 6 heteroatoms. The van der Waals surface area contributed by atoms with Crippen LogP contribution in [-0.4, -0.2) is 14.5 Å². The summed E-state index contributed by atoms with van der Waals surface area (Å²) >= 11 is 0. The lowest BCUT2D eigenvalue weighted by molar-refractivity contribution is -0.385. The summed E-state index contributed by atoms with van der Waals surface area (Å²) in [6.07, 6.45) is 3.41. The maximum absolute atomic E-state index is 10.9. The summed E-state index contributed by atoms with van der Waals surface area (Å²) < 4.78 is 1.91. The first-order chi connectivity index (χ1) is 9.00. The van der Waals surface area contributed by atoms with Gasteiger partial charge in [0.25, 0.3) is 5.69 Å². The van der Waals surface area contributed by atoms with Crippen molar-refractivity contribution in [2.75, 3.05) is 0 Å². The maximum atomic E-state index is 10.9. The summed E-state index contributed by atoms with van der Waals surface area (Å²) in [5.41, 5.74) is 8.48. The van der Waals surface area contributed by atoms with E-state index in [2.05, 4.69) is 4.98 Å². The molecular formula is C13H16N4O2. The number of imidazole rings is 1. The summed E-state index contributed by atoms with van der Waals surface area (Å²) in [6.45, 7) is 4.17. The van der Waals surface area contributed by atoms with E-state index in [4.69, 9.17) is 5.73 Å². The number of nitro benzene ring substituents is 1. The van der Waals surface area contributed by atoms with Crippen molar-refractivity contribution >= 4 is 5.69 Å². The lowest BCUT2D eigenvalue weighted by Crippen LogP contribution is -2.13. The highest BCUT2D eigenvalue weighted by Gasteiger charge is 2.14. The molecule has 1 aromatic carbocycles. The molecule has 0 radical (unpaired) electrons. The SMILES string of the molecule is Cc1c(Cn2cncc2[C@H](C)N)cccc1[N+](=O)[O-]. The average molecular weight is 260 g/mol. The molecule has 0 aliphatic carbocycles. The van der Waals surface area contributed by atoms with Gasteiger partial charge in [-0.1, -0.05) is 12.1 Å². The minimum atomic E-state index is -0.362. The van der Waals surface area contributed by atoms with Crippen LogP contribution >= 0.6 is 0 Å². The summed E-state index contributed by atoms with van der Waals surface area (Å²) in [4.78, 5) is 14.6. The van der Waals surface area contributed by atoms with E-state index in [1.165, 1.54) is 6.07 Å². The zero-order chi connectivity index (χ0) is 14.0. The number of rotatable bonds is 4. The van der Waals surface area contributed by atoms with E-state index in [-0.39, 0.29) is 16.7 Å². The molecule has 0 spiro atoms. The van der Waals surface area contributed by atoms with Gasteiger partial charge < -0.3 is 10.3 Å². The predicted octanol–water partition coefficient (Wildman–Crippen LogP) is 2.17. The fourth-order valence-electron chi connectivity index (χ4n) is 2.06. The highest BCUT2D eigenvalue weighted by atomic mass is 16.6. The lowest BCUT2D eigenvalue weighted by Gasteiger charge is -2.12. The van der Waals surface area contributed by atoms with E-state index in [0.717, 1.165) is 11.3 Å². The molecule has 0 aliphatic heterocycles. The molecule has 100 valence electrons. The van der Waals surface area contributed by atoms with Crippen LogP contribution in [0.4, 0.5) is 5.69 Å². The van der Waals surface area contributed by atoms with Crippen molar-refractivity contribution in [3.63, 3.8) is 0 Å². The molecule has 0 unspecified atom stereocenters. The van der Waals surface area contributed by atoms with Gasteiger partial charge in [-0.05, 0) is 19.4 Å². The van der Waals surface area contributed by atoms with Crippen LogP contribution in [0.2, 0.25) is 0 Å². The van der Waals surface area contributed by atoms with Gasteiger partial charge in [-0.3, -0.25) is 10.1 Å². The van der Waals surface area contributed by atoms with Gasteiger partial charge in [0.05, 0.1) is 16.9 Å². The molecule has 2 aromatic rings. The van der Waals surface area contributed by atoms with Crippen molar-refractivity contribution < 1.29 is 4.92 Å². The molecule has 0 amide bonds. The third kappa shape index (κ3) is 2.63. The zero-order valence-corrected chi connectivity index (χ0v) is 10.9. The molecule has 6 nitrogen and oxygen atoms in total. The van der Waals surface area contributed by atoms with Crippen molar-refractivity contribution in [1.29, 1.82) is 0 Å². The second kappa shape index (κ2) is 5.19. The van der Waals surface area contributed by atoms with Gasteiger partial charge in [-0.15, -0.1) is 0 Å². The summed E-state index contributed by atoms with van der Waals surface area (Å²) in [6, 6.07) is 4.97. The quantitative estimate of drug-likeness (QED) is 0.674. The van der Waals surface area contributed by atoms with Gasteiger partial charge in [-0.25, -0.2) is 4.98 Å². The van der Waals surface area contributed by atoms with Crippen LogP contribution in [0.15, 0.2) is 30.7 Å². The molecule has 2 rings (SSSR count). The van der Waals surface area contributed by atoms with E-state index in [1.807, 2.05) is 17.6 Å². The third-order valence-electron chi connectivity index (χ3n) is 3.17. The first-order valence-corrected chi connectivity index (χ1v) is 5.99. The van der Waals surface area contributed by atoms with E-state index < -0.39 is 0 Å². The van der Waals surface area contributed by atoms with Crippen LogP contribution < -0.4 is 5.73 Å². The second-order valence-electron chi connectivity index (χ2n) is 4.55. The zero-order valence-electron chi connectivity index (χ0n) is 10.9. The van der Waals surface area contributed by atoms with Crippen LogP contribution in [0.5, 0.6) is 0 Å². The third-order valence-corrected chi connectivity index (χ3v) is 3.17. The van der Waals surface area contributed by atoms with Crippen LogP contribution in [0.3, 0.4) is 0 Å².